The van der Waals surface area contributed by atoms with Crippen LogP contribution in [-0.2, 0) is 5.41 Å². The molecule has 4 aromatic carbocycles. The summed E-state index contributed by atoms with van der Waals surface area (Å²) >= 11 is 0. The summed E-state index contributed by atoms with van der Waals surface area (Å²) in [5.74, 6) is 0. The smallest absolute Gasteiger partial charge is 0.0683 e. The van der Waals surface area contributed by atoms with E-state index in [0.717, 1.165) is 0 Å². The molecule has 0 saturated carbocycles. The second-order valence-corrected chi connectivity index (χ2v) is 8.54. The molecule has 0 atom stereocenters. The number of hydrogen-bond acceptors (Lipinski definition) is 0. The van der Waals surface area contributed by atoms with Crippen molar-refractivity contribution in [2.75, 3.05) is 0 Å². The minimum atomic E-state index is -0.291. The summed E-state index contributed by atoms with van der Waals surface area (Å²) in [5, 5.41) is 0. The molecule has 0 amide bonds. The van der Waals surface area contributed by atoms with Gasteiger partial charge in [-0.25, -0.2) is 0 Å². The van der Waals surface area contributed by atoms with E-state index in [0.29, 0.717) is 0 Å². The summed E-state index contributed by atoms with van der Waals surface area (Å²) in [5.41, 5.74) is 13.2. The Labute approximate surface area is 201 Å². The van der Waals surface area contributed by atoms with Crippen molar-refractivity contribution in [2.45, 2.75) is 60.8 Å². The predicted octanol–water partition coefficient (Wildman–Crippen LogP) is 9.34. The van der Waals surface area contributed by atoms with Crippen molar-refractivity contribution in [1.29, 1.82) is 0 Å². The average molecular weight is 435 g/mol. The summed E-state index contributed by atoms with van der Waals surface area (Å²) in [7, 11) is 0. The molecule has 0 nitrogen and oxygen atoms in total. The van der Waals surface area contributed by atoms with E-state index in [9.17, 15) is 0 Å². The van der Waals surface area contributed by atoms with Crippen LogP contribution in [0.1, 0.15) is 72.2 Å². The fourth-order valence-electron chi connectivity index (χ4n) is 5.34. The SMILES string of the molecule is CC.CC.Cc1cccc(C2(c3cccc(C)c3)c3ccccc3-c3c(C)cc(C)cc32)c1. The zero-order valence-electron chi connectivity index (χ0n) is 21.6. The van der Waals surface area contributed by atoms with Crippen LogP contribution in [0.15, 0.2) is 84.9 Å². The molecule has 0 heteroatoms. The van der Waals surface area contributed by atoms with Crippen LogP contribution in [-0.4, -0.2) is 0 Å². The Bertz CT molecular complexity index is 1200. The van der Waals surface area contributed by atoms with Crippen molar-refractivity contribution < 1.29 is 0 Å². The largest absolute Gasteiger partial charge is 0.0713 e. The molecule has 0 radical (unpaired) electrons. The van der Waals surface area contributed by atoms with Gasteiger partial charge in [-0.3, -0.25) is 0 Å². The Hall–Kier alpha value is -3.12. The molecule has 33 heavy (non-hydrogen) atoms. The van der Waals surface area contributed by atoms with Gasteiger partial charge in [0.2, 0.25) is 0 Å². The summed E-state index contributed by atoms with van der Waals surface area (Å²) < 4.78 is 0. The minimum Gasteiger partial charge on any atom is -0.0683 e. The maximum atomic E-state index is 2.41. The highest BCUT2D eigenvalue weighted by Crippen LogP contribution is 2.57. The first kappa shape index (κ1) is 24.5. The molecule has 5 rings (SSSR count). The molecule has 0 saturated heterocycles. The van der Waals surface area contributed by atoms with E-state index >= 15 is 0 Å². The zero-order chi connectivity index (χ0) is 24.2. The van der Waals surface area contributed by atoms with E-state index in [1.54, 1.807) is 0 Å². The summed E-state index contributed by atoms with van der Waals surface area (Å²) in [6.45, 7) is 16.9. The molecule has 1 aliphatic rings. The Morgan fingerprint density at radius 1 is 0.485 bits per heavy atom. The van der Waals surface area contributed by atoms with Gasteiger partial charge < -0.3 is 0 Å². The molecule has 4 aromatic rings. The zero-order valence-corrected chi connectivity index (χ0v) is 21.6. The summed E-state index contributed by atoms with van der Waals surface area (Å²) in [4.78, 5) is 0. The normalized spacial score (nSPS) is 12.5. The van der Waals surface area contributed by atoms with Crippen molar-refractivity contribution in [3.63, 3.8) is 0 Å². The molecule has 0 unspecified atom stereocenters. The van der Waals surface area contributed by atoms with Gasteiger partial charge in [-0.1, -0.05) is 129 Å². The van der Waals surface area contributed by atoms with Crippen LogP contribution in [0, 0.1) is 27.7 Å². The molecule has 170 valence electrons. The lowest BCUT2D eigenvalue weighted by Gasteiger charge is -2.34. The van der Waals surface area contributed by atoms with E-state index < -0.39 is 0 Å². The van der Waals surface area contributed by atoms with Gasteiger partial charge >= 0.3 is 0 Å². The van der Waals surface area contributed by atoms with Crippen LogP contribution in [0.5, 0.6) is 0 Å². The first-order valence-electron chi connectivity index (χ1n) is 12.4. The molecule has 0 heterocycles. The Morgan fingerprint density at radius 3 is 1.58 bits per heavy atom. The lowest BCUT2D eigenvalue weighted by molar-refractivity contribution is 0.765. The highest BCUT2D eigenvalue weighted by Gasteiger charge is 2.46. The topological polar surface area (TPSA) is 0 Å². The fourth-order valence-corrected chi connectivity index (χ4v) is 5.34. The summed E-state index contributed by atoms with van der Waals surface area (Å²) in [6.07, 6.45) is 0. The molecule has 0 bridgehead atoms. The number of hydrogen-bond donors (Lipinski definition) is 0. The van der Waals surface area contributed by atoms with Crippen LogP contribution in [0.3, 0.4) is 0 Å². The molecule has 1 aliphatic carbocycles. The molecular formula is C33H38. The maximum Gasteiger partial charge on any atom is 0.0713 e. The van der Waals surface area contributed by atoms with Crippen molar-refractivity contribution >= 4 is 0 Å². The Balaban J connectivity index is 0.000000728. The first-order chi connectivity index (χ1) is 16.0. The average Bonchev–Trinajstić information content (AvgIpc) is 3.13. The third kappa shape index (κ3) is 4.04. The second kappa shape index (κ2) is 10.2. The van der Waals surface area contributed by atoms with E-state index in [1.165, 1.54) is 55.6 Å². The lowest BCUT2D eigenvalue weighted by Crippen LogP contribution is -2.29. The highest BCUT2D eigenvalue weighted by molar-refractivity contribution is 5.88. The van der Waals surface area contributed by atoms with Gasteiger partial charge in [0.15, 0.2) is 0 Å². The van der Waals surface area contributed by atoms with Gasteiger partial charge in [-0.2, -0.15) is 0 Å². The molecule has 0 aromatic heterocycles. The fraction of sp³-hybridized carbons (Fsp3) is 0.273. The molecular weight excluding hydrogens is 396 g/mol. The molecule has 0 N–H and O–H groups in total. The maximum absolute atomic E-state index is 2.41. The van der Waals surface area contributed by atoms with Gasteiger partial charge in [-0.05, 0) is 66.6 Å². The number of fused-ring (bicyclic) bond motifs is 3. The quantitative estimate of drug-likeness (QED) is 0.259. The summed E-state index contributed by atoms with van der Waals surface area (Å²) in [6, 6.07) is 31.8. The molecule has 0 fully saturated rings. The van der Waals surface area contributed by atoms with Gasteiger partial charge in [-0.15, -0.1) is 0 Å². The van der Waals surface area contributed by atoms with Crippen LogP contribution in [0.2, 0.25) is 0 Å². The van der Waals surface area contributed by atoms with E-state index in [1.807, 2.05) is 27.7 Å². The third-order valence-corrected chi connectivity index (χ3v) is 6.39. The number of aryl methyl sites for hydroxylation is 4. The van der Waals surface area contributed by atoms with E-state index in [-0.39, 0.29) is 5.41 Å². The van der Waals surface area contributed by atoms with Crippen molar-refractivity contribution in [1.82, 2.24) is 0 Å². The van der Waals surface area contributed by atoms with Crippen LogP contribution in [0.25, 0.3) is 11.1 Å². The molecule has 0 aliphatic heterocycles. The first-order valence-corrected chi connectivity index (χ1v) is 12.4. The number of rotatable bonds is 2. The van der Waals surface area contributed by atoms with E-state index in [4.69, 9.17) is 0 Å². The van der Waals surface area contributed by atoms with Gasteiger partial charge in [0, 0.05) is 0 Å². The predicted molar refractivity (Wildman–Crippen MR) is 145 cm³/mol. The number of benzene rings is 4. The van der Waals surface area contributed by atoms with Crippen LogP contribution in [0.4, 0.5) is 0 Å². The van der Waals surface area contributed by atoms with Crippen molar-refractivity contribution in [3.05, 3.63) is 129 Å². The van der Waals surface area contributed by atoms with Gasteiger partial charge in [0.05, 0.1) is 5.41 Å². The second-order valence-electron chi connectivity index (χ2n) is 8.54. The monoisotopic (exact) mass is 434 g/mol. The van der Waals surface area contributed by atoms with Gasteiger partial charge in [0.25, 0.3) is 0 Å². The standard InChI is InChI=1S/C29H26.2C2H6/c1-19-9-7-11-23(16-19)29(24-12-8-10-20(2)17-24)26-14-6-5-13-25(26)28-22(4)15-21(3)18-27(28)29;2*1-2/h5-18H,1-4H3;2*1-2H3. The Morgan fingerprint density at radius 2 is 1.03 bits per heavy atom. The lowest BCUT2D eigenvalue weighted by atomic mass is 9.67. The third-order valence-electron chi connectivity index (χ3n) is 6.39. The minimum absolute atomic E-state index is 0.291. The highest BCUT2D eigenvalue weighted by atomic mass is 14.5. The van der Waals surface area contributed by atoms with Crippen molar-refractivity contribution in [3.8, 4) is 11.1 Å². The van der Waals surface area contributed by atoms with Gasteiger partial charge in [0.1, 0.15) is 0 Å². The van der Waals surface area contributed by atoms with Crippen LogP contribution >= 0.6 is 0 Å². The van der Waals surface area contributed by atoms with Crippen LogP contribution < -0.4 is 0 Å². The van der Waals surface area contributed by atoms with Crippen molar-refractivity contribution in [2.24, 2.45) is 0 Å². The molecule has 0 spiro atoms. The van der Waals surface area contributed by atoms with E-state index in [2.05, 4.69) is 113 Å². The Kier molecular flexibility index (Phi) is 7.59.